The van der Waals surface area contributed by atoms with Crippen molar-refractivity contribution < 1.29 is 9.21 Å². The normalized spacial score (nSPS) is 19.0. The molecule has 0 aromatic carbocycles. The molecule has 0 aliphatic carbocycles. The molecule has 1 fully saturated rings. The van der Waals surface area contributed by atoms with Crippen LogP contribution in [0.5, 0.6) is 0 Å². The van der Waals surface area contributed by atoms with Gasteiger partial charge in [0.05, 0.1) is 12.2 Å². The van der Waals surface area contributed by atoms with Gasteiger partial charge in [-0.1, -0.05) is 0 Å². The third kappa shape index (κ3) is 2.30. The number of nitrogens with zero attached hydrogens (tertiary/aromatic N) is 1. The molecule has 94 valence electrons. The molecule has 1 atom stereocenters. The summed E-state index contributed by atoms with van der Waals surface area (Å²) in [6.07, 6.45) is 2.50. The molecular weight excluding hydrogens is 250 g/mol. The van der Waals surface area contributed by atoms with Crippen LogP contribution in [0, 0.1) is 5.92 Å². The highest BCUT2D eigenvalue weighted by Crippen LogP contribution is 2.25. The summed E-state index contributed by atoms with van der Waals surface area (Å²) in [5.41, 5.74) is 0.754. The Morgan fingerprint density at radius 1 is 1.61 bits per heavy atom. The van der Waals surface area contributed by atoms with E-state index in [0.717, 1.165) is 25.2 Å². The minimum absolute atomic E-state index is 0.0420. The van der Waals surface area contributed by atoms with Crippen molar-refractivity contribution in [1.29, 1.82) is 0 Å². The Morgan fingerprint density at radius 3 is 3.28 bits per heavy atom. The number of carbonyl (C=O) groups excluding carboxylic acids is 1. The van der Waals surface area contributed by atoms with Crippen LogP contribution in [-0.4, -0.2) is 24.0 Å². The minimum atomic E-state index is 0.0420. The van der Waals surface area contributed by atoms with Crippen molar-refractivity contribution in [3.63, 3.8) is 0 Å². The highest BCUT2D eigenvalue weighted by molar-refractivity contribution is 7.14. The first-order valence-electron chi connectivity index (χ1n) is 5.84. The van der Waals surface area contributed by atoms with E-state index in [0.29, 0.717) is 10.9 Å². The van der Waals surface area contributed by atoms with Crippen LogP contribution in [0.2, 0.25) is 0 Å². The second kappa shape index (κ2) is 4.91. The Kier molecular flexibility index (Phi) is 3.12. The number of anilines is 1. The standard InChI is InChI=1S/C12H13N3O2S/c16-11(8-3-4-13-6-8)15-12-14-9(7-18-12)10-2-1-5-17-10/h1-2,5,7-8,13H,3-4,6H2,(H,14,15,16). The van der Waals surface area contributed by atoms with Crippen LogP contribution in [0.3, 0.4) is 0 Å². The van der Waals surface area contributed by atoms with Crippen LogP contribution >= 0.6 is 11.3 Å². The first kappa shape index (κ1) is 11.4. The van der Waals surface area contributed by atoms with Crippen LogP contribution in [0.4, 0.5) is 5.13 Å². The fourth-order valence-electron chi connectivity index (χ4n) is 1.95. The molecule has 2 aromatic heterocycles. The lowest BCUT2D eigenvalue weighted by Crippen LogP contribution is -2.24. The minimum Gasteiger partial charge on any atom is -0.463 e. The van der Waals surface area contributed by atoms with Gasteiger partial charge >= 0.3 is 0 Å². The number of thiazole rings is 1. The van der Waals surface area contributed by atoms with Gasteiger partial charge in [0.15, 0.2) is 10.9 Å². The Bertz CT molecular complexity index is 529. The highest BCUT2D eigenvalue weighted by atomic mass is 32.1. The van der Waals surface area contributed by atoms with E-state index in [1.54, 1.807) is 6.26 Å². The van der Waals surface area contributed by atoms with Crippen LogP contribution in [0.15, 0.2) is 28.2 Å². The molecule has 18 heavy (non-hydrogen) atoms. The molecule has 1 aliphatic heterocycles. The number of furan rings is 1. The van der Waals surface area contributed by atoms with Crippen molar-refractivity contribution >= 4 is 22.4 Å². The number of rotatable bonds is 3. The molecule has 2 aromatic rings. The number of hydrogen-bond donors (Lipinski definition) is 2. The molecule has 0 radical (unpaired) electrons. The van der Waals surface area contributed by atoms with Gasteiger partial charge in [0, 0.05) is 11.9 Å². The van der Waals surface area contributed by atoms with Crippen LogP contribution in [0.1, 0.15) is 6.42 Å². The van der Waals surface area contributed by atoms with Crippen LogP contribution in [-0.2, 0) is 4.79 Å². The summed E-state index contributed by atoms with van der Waals surface area (Å²) in [7, 11) is 0. The van der Waals surface area contributed by atoms with Crippen molar-refractivity contribution in [1.82, 2.24) is 10.3 Å². The second-order valence-corrected chi connectivity index (χ2v) is 5.05. The van der Waals surface area contributed by atoms with Gasteiger partial charge in [-0.25, -0.2) is 4.98 Å². The molecule has 5 nitrogen and oxygen atoms in total. The van der Waals surface area contributed by atoms with Gasteiger partial charge < -0.3 is 15.1 Å². The number of carbonyl (C=O) groups is 1. The maximum Gasteiger partial charge on any atom is 0.230 e. The molecule has 3 rings (SSSR count). The van der Waals surface area contributed by atoms with E-state index in [4.69, 9.17) is 4.42 Å². The number of hydrogen-bond acceptors (Lipinski definition) is 5. The molecule has 6 heteroatoms. The average molecular weight is 263 g/mol. The summed E-state index contributed by atoms with van der Waals surface area (Å²) >= 11 is 1.41. The second-order valence-electron chi connectivity index (χ2n) is 4.19. The first-order chi connectivity index (χ1) is 8.83. The maximum atomic E-state index is 11.9. The van der Waals surface area contributed by atoms with Crippen molar-refractivity contribution in [2.45, 2.75) is 6.42 Å². The third-order valence-electron chi connectivity index (χ3n) is 2.94. The zero-order valence-electron chi connectivity index (χ0n) is 9.68. The largest absolute Gasteiger partial charge is 0.463 e. The zero-order valence-corrected chi connectivity index (χ0v) is 10.5. The molecule has 1 aliphatic rings. The molecule has 0 saturated carbocycles. The van der Waals surface area contributed by atoms with Crippen LogP contribution in [0.25, 0.3) is 11.5 Å². The first-order valence-corrected chi connectivity index (χ1v) is 6.72. The maximum absolute atomic E-state index is 11.9. The molecule has 2 N–H and O–H groups in total. The van der Waals surface area contributed by atoms with Crippen molar-refractivity contribution in [2.75, 3.05) is 18.4 Å². The molecule has 1 unspecified atom stereocenters. The number of nitrogens with one attached hydrogen (secondary N) is 2. The lowest BCUT2D eigenvalue weighted by molar-refractivity contribution is -0.119. The zero-order chi connectivity index (χ0) is 12.4. The molecule has 1 saturated heterocycles. The Morgan fingerprint density at radius 2 is 2.56 bits per heavy atom. The summed E-state index contributed by atoms with van der Waals surface area (Å²) in [6, 6.07) is 3.67. The van der Waals surface area contributed by atoms with Crippen molar-refractivity contribution in [3.8, 4) is 11.5 Å². The fraction of sp³-hybridized carbons (Fsp3) is 0.333. The van der Waals surface area contributed by atoms with Gasteiger partial charge in [-0.05, 0) is 25.1 Å². The SMILES string of the molecule is O=C(Nc1nc(-c2ccco2)cs1)C1CCNC1. The van der Waals surface area contributed by atoms with E-state index in [2.05, 4.69) is 15.6 Å². The van der Waals surface area contributed by atoms with E-state index >= 15 is 0 Å². The van der Waals surface area contributed by atoms with Gasteiger partial charge in [-0.15, -0.1) is 11.3 Å². The van der Waals surface area contributed by atoms with Gasteiger partial charge in [0.25, 0.3) is 0 Å². The lowest BCUT2D eigenvalue weighted by atomic mass is 10.1. The quantitative estimate of drug-likeness (QED) is 0.888. The highest BCUT2D eigenvalue weighted by Gasteiger charge is 2.23. The van der Waals surface area contributed by atoms with Gasteiger partial charge in [0.1, 0.15) is 5.69 Å². The monoisotopic (exact) mass is 263 g/mol. The lowest BCUT2D eigenvalue weighted by Gasteiger charge is -2.06. The predicted molar refractivity (Wildman–Crippen MR) is 69.4 cm³/mol. The van der Waals surface area contributed by atoms with Gasteiger partial charge in [-0.2, -0.15) is 0 Å². The fourth-order valence-corrected chi connectivity index (χ4v) is 2.66. The van der Waals surface area contributed by atoms with E-state index in [1.165, 1.54) is 11.3 Å². The van der Waals surface area contributed by atoms with E-state index in [1.807, 2.05) is 17.5 Å². The molecule has 3 heterocycles. The topological polar surface area (TPSA) is 67.2 Å². The van der Waals surface area contributed by atoms with E-state index < -0.39 is 0 Å². The Balaban J connectivity index is 1.68. The average Bonchev–Trinajstić information content (AvgIpc) is 3.12. The van der Waals surface area contributed by atoms with Gasteiger partial charge in [0.2, 0.25) is 5.91 Å². The van der Waals surface area contributed by atoms with Crippen molar-refractivity contribution in [2.24, 2.45) is 5.92 Å². The predicted octanol–water partition coefficient (Wildman–Crippen LogP) is 1.95. The molecular formula is C12H13N3O2S. The molecule has 1 amide bonds. The summed E-state index contributed by atoms with van der Waals surface area (Å²) in [6.45, 7) is 1.66. The van der Waals surface area contributed by atoms with E-state index in [9.17, 15) is 4.79 Å². The summed E-state index contributed by atoms with van der Waals surface area (Å²) in [5.74, 6) is 0.815. The van der Waals surface area contributed by atoms with Crippen molar-refractivity contribution in [3.05, 3.63) is 23.8 Å². The summed E-state index contributed by atoms with van der Waals surface area (Å²) < 4.78 is 5.26. The number of amides is 1. The van der Waals surface area contributed by atoms with Gasteiger partial charge in [-0.3, -0.25) is 4.79 Å². The molecule has 0 spiro atoms. The summed E-state index contributed by atoms with van der Waals surface area (Å²) in [4.78, 5) is 16.2. The Labute approximate surface area is 108 Å². The number of aromatic nitrogens is 1. The summed E-state index contributed by atoms with van der Waals surface area (Å²) in [5, 5.41) is 8.53. The van der Waals surface area contributed by atoms with Crippen LogP contribution < -0.4 is 10.6 Å². The smallest absolute Gasteiger partial charge is 0.230 e. The third-order valence-corrected chi connectivity index (χ3v) is 3.70. The van der Waals surface area contributed by atoms with E-state index in [-0.39, 0.29) is 11.8 Å². The Hall–Kier alpha value is -1.66. The molecule has 0 bridgehead atoms.